The van der Waals surface area contributed by atoms with Crippen molar-refractivity contribution in [1.82, 2.24) is 14.7 Å². The van der Waals surface area contributed by atoms with Crippen LogP contribution in [-0.2, 0) is 6.42 Å². The number of para-hydroxylation sites is 1. The minimum Gasteiger partial charge on any atom is -0.460 e. The summed E-state index contributed by atoms with van der Waals surface area (Å²) in [6, 6.07) is 9.88. The standard InChI is InChI=1S/C21H26N4O2/c1-3-17-20(16-7-5-6-8-18(16)27-17)21(26)23-19-9-12-22-25(19)15-10-13-24(4-2)14-11-15/h5-9,12,15H,3-4,10-11,13-14H2,1-2H3,(H,23,26). The minimum absolute atomic E-state index is 0.135. The van der Waals surface area contributed by atoms with Gasteiger partial charge in [0.15, 0.2) is 0 Å². The van der Waals surface area contributed by atoms with Crippen LogP contribution in [-0.4, -0.2) is 40.2 Å². The van der Waals surface area contributed by atoms with Gasteiger partial charge in [0.1, 0.15) is 17.2 Å². The first kappa shape index (κ1) is 17.8. The highest BCUT2D eigenvalue weighted by Crippen LogP contribution is 2.29. The van der Waals surface area contributed by atoms with Crippen LogP contribution in [0.2, 0.25) is 0 Å². The Hall–Kier alpha value is -2.60. The number of aryl methyl sites for hydroxylation is 1. The van der Waals surface area contributed by atoms with E-state index < -0.39 is 0 Å². The number of likely N-dealkylation sites (tertiary alicyclic amines) is 1. The third-order valence-electron chi connectivity index (χ3n) is 5.48. The first-order valence-electron chi connectivity index (χ1n) is 9.78. The molecule has 0 aliphatic carbocycles. The van der Waals surface area contributed by atoms with E-state index in [9.17, 15) is 4.79 Å². The molecule has 0 spiro atoms. The van der Waals surface area contributed by atoms with Crippen molar-refractivity contribution in [3.63, 3.8) is 0 Å². The number of nitrogens with one attached hydrogen (secondary N) is 1. The van der Waals surface area contributed by atoms with Crippen molar-refractivity contribution in [2.24, 2.45) is 0 Å². The molecule has 27 heavy (non-hydrogen) atoms. The van der Waals surface area contributed by atoms with Gasteiger partial charge in [0.25, 0.3) is 5.91 Å². The quantitative estimate of drug-likeness (QED) is 0.738. The molecule has 2 aromatic heterocycles. The fourth-order valence-electron chi connectivity index (χ4n) is 3.96. The van der Waals surface area contributed by atoms with Crippen LogP contribution >= 0.6 is 0 Å². The lowest BCUT2D eigenvalue weighted by molar-refractivity contribution is 0.102. The summed E-state index contributed by atoms with van der Waals surface area (Å²) in [6.45, 7) is 7.42. The van der Waals surface area contributed by atoms with E-state index in [1.807, 2.05) is 41.9 Å². The van der Waals surface area contributed by atoms with E-state index in [-0.39, 0.29) is 5.91 Å². The fourth-order valence-corrected chi connectivity index (χ4v) is 3.96. The van der Waals surface area contributed by atoms with Crippen molar-refractivity contribution >= 4 is 22.7 Å². The van der Waals surface area contributed by atoms with Gasteiger partial charge >= 0.3 is 0 Å². The largest absolute Gasteiger partial charge is 0.460 e. The Morgan fingerprint density at radius 3 is 2.74 bits per heavy atom. The fraction of sp³-hybridized carbons (Fsp3) is 0.429. The summed E-state index contributed by atoms with van der Waals surface area (Å²) in [5.41, 5.74) is 1.38. The summed E-state index contributed by atoms with van der Waals surface area (Å²) in [5, 5.41) is 8.42. The monoisotopic (exact) mass is 366 g/mol. The molecule has 1 saturated heterocycles. The number of rotatable bonds is 5. The van der Waals surface area contributed by atoms with E-state index in [0.29, 0.717) is 18.0 Å². The van der Waals surface area contributed by atoms with Gasteiger partial charge in [-0.25, -0.2) is 4.68 Å². The van der Waals surface area contributed by atoms with Gasteiger partial charge in [-0.3, -0.25) is 4.79 Å². The van der Waals surface area contributed by atoms with Crippen LogP contribution in [0.25, 0.3) is 11.0 Å². The topological polar surface area (TPSA) is 63.3 Å². The number of aromatic nitrogens is 2. The summed E-state index contributed by atoms with van der Waals surface area (Å²) < 4.78 is 7.84. The van der Waals surface area contributed by atoms with E-state index in [1.165, 1.54) is 0 Å². The zero-order chi connectivity index (χ0) is 18.8. The van der Waals surface area contributed by atoms with Crippen molar-refractivity contribution < 1.29 is 9.21 Å². The zero-order valence-electron chi connectivity index (χ0n) is 15.9. The highest BCUT2D eigenvalue weighted by molar-refractivity contribution is 6.13. The second kappa shape index (κ2) is 7.56. The Kier molecular flexibility index (Phi) is 4.99. The number of benzene rings is 1. The van der Waals surface area contributed by atoms with Crippen molar-refractivity contribution in [3.05, 3.63) is 47.9 Å². The minimum atomic E-state index is -0.135. The van der Waals surface area contributed by atoms with E-state index >= 15 is 0 Å². The van der Waals surface area contributed by atoms with E-state index in [0.717, 1.165) is 55.0 Å². The molecule has 3 aromatic rings. The Balaban J connectivity index is 1.58. The summed E-state index contributed by atoms with van der Waals surface area (Å²) in [7, 11) is 0. The normalized spacial score (nSPS) is 16.1. The molecule has 0 unspecified atom stereocenters. The first-order valence-corrected chi connectivity index (χ1v) is 9.78. The average molecular weight is 366 g/mol. The first-order chi connectivity index (χ1) is 13.2. The Labute approximate surface area is 159 Å². The van der Waals surface area contributed by atoms with Crippen molar-refractivity contribution in [1.29, 1.82) is 0 Å². The number of fused-ring (bicyclic) bond motifs is 1. The molecule has 1 N–H and O–H groups in total. The second-order valence-electron chi connectivity index (χ2n) is 7.03. The molecule has 4 rings (SSSR count). The SMILES string of the molecule is CCc1oc2ccccc2c1C(=O)Nc1ccnn1C1CCN(CC)CC1. The third-order valence-corrected chi connectivity index (χ3v) is 5.48. The molecule has 142 valence electrons. The molecule has 6 nitrogen and oxygen atoms in total. The molecule has 1 amide bonds. The molecule has 1 aliphatic rings. The maximum atomic E-state index is 13.1. The van der Waals surface area contributed by atoms with Crippen LogP contribution in [0.1, 0.15) is 48.8 Å². The van der Waals surface area contributed by atoms with Gasteiger partial charge in [-0.15, -0.1) is 0 Å². The molecule has 1 aliphatic heterocycles. The molecule has 1 fully saturated rings. The van der Waals surface area contributed by atoms with Crippen molar-refractivity contribution in [2.75, 3.05) is 25.0 Å². The third kappa shape index (κ3) is 3.37. The lowest BCUT2D eigenvalue weighted by Crippen LogP contribution is -2.35. The molecule has 6 heteroatoms. The lowest BCUT2D eigenvalue weighted by atomic mass is 10.1. The summed E-state index contributed by atoms with van der Waals surface area (Å²) in [5.74, 6) is 1.34. The number of anilines is 1. The van der Waals surface area contributed by atoms with E-state index in [1.54, 1.807) is 6.20 Å². The number of hydrogen-bond acceptors (Lipinski definition) is 4. The number of furan rings is 1. The van der Waals surface area contributed by atoms with Crippen molar-refractivity contribution in [3.8, 4) is 0 Å². The molecular formula is C21H26N4O2. The molecular weight excluding hydrogens is 340 g/mol. The van der Waals surface area contributed by atoms with Crippen LogP contribution < -0.4 is 5.32 Å². The van der Waals surface area contributed by atoms with Crippen molar-refractivity contribution in [2.45, 2.75) is 39.2 Å². The van der Waals surface area contributed by atoms with Crippen LogP contribution in [0.15, 0.2) is 40.9 Å². The zero-order valence-corrected chi connectivity index (χ0v) is 15.9. The van der Waals surface area contributed by atoms with Gasteiger partial charge in [0.2, 0.25) is 0 Å². The lowest BCUT2D eigenvalue weighted by Gasteiger charge is -2.31. The molecule has 1 aromatic carbocycles. The predicted molar refractivity (Wildman–Crippen MR) is 106 cm³/mol. The van der Waals surface area contributed by atoms with E-state index in [2.05, 4.69) is 22.2 Å². The number of piperidine rings is 1. The maximum absolute atomic E-state index is 13.1. The van der Waals surface area contributed by atoms with Gasteiger partial charge in [0, 0.05) is 31.0 Å². The van der Waals surface area contributed by atoms with Gasteiger partial charge in [-0.1, -0.05) is 32.0 Å². The molecule has 0 atom stereocenters. The molecule has 0 saturated carbocycles. The van der Waals surface area contributed by atoms with Gasteiger partial charge in [-0.2, -0.15) is 5.10 Å². The highest BCUT2D eigenvalue weighted by Gasteiger charge is 2.24. The van der Waals surface area contributed by atoms with Crippen LogP contribution in [0, 0.1) is 0 Å². The smallest absolute Gasteiger partial charge is 0.260 e. The number of carbonyl (C=O) groups is 1. The summed E-state index contributed by atoms with van der Waals surface area (Å²) in [4.78, 5) is 15.5. The average Bonchev–Trinajstić information content (AvgIpc) is 3.32. The molecule has 3 heterocycles. The second-order valence-corrected chi connectivity index (χ2v) is 7.03. The van der Waals surface area contributed by atoms with Gasteiger partial charge < -0.3 is 14.6 Å². The Morgan fingerprint density at radius 1 is 1.22 bits per heavy atom. The Morgan fingerprint density at radius 2 is 2.00 bits per heavy atom. The number of carbonyl (C=O) groups excluding carboxylic acids is 1. The Bertz CT molecular complexity index is 935. The van der Waals surface area contributed by atoms with E-state index in [4.69, 9.17) is 4.42 Å². The maximum Gasteiger partial charge on any atom is 0.260 e. The van der Waals surface area contributed by atoms with Gasteiger partial charge in [-0.05, 0) is 25.5 Å². The number of nitrogens with zero attached hydrogens (tertiary/aromatic N) is 3. The number of hydrogen-bond donors (Lipinski definition) is 1. The van der Waals surface area contributed by atoms with Crippen LogP contribution in [0.5, 0.6) is 0 Å². The van der Waals surface area contributed by atoms with Gasteiger partial charge in [0.05, 0.1) is 17.8 Å². The summed E-state index contributed by atoms with van der Waals surface area (Å²) in [6.07, 6.45) is 4.53. The molecule has 0 radical (unpaired) electrons. The predicted octanol–water partition coefficient (Wildman–Crippen LogP) is 4.10. The molecule has 0 bridgehead atoms. The number of amides is 1. The van der Waals surface area contributed by atoms with Crippen LogP contribution in [0.4, 0.5) is 5.82 Å². The van der Waals surface area contributed by atoms with Crippen LogP contribution in [0.3, 0.4) is 0 Å². The summed E-state index contributed by atoms with van der Waals surface area (Å²) >= 11 is 0. The highest BCUT2D eigenvalue weighted by atomic mass is 16.3.